The number of hydrogen-bond acceptors (Lipinski definition) is 3. The third kappa shape index (κ3) is 2.30. The van der Waals surface area contributed by atoms with E-state index in [1.165, 1.54) is 5.56 Å². The van der Waals surface area contributed by atoms with Crippen LogP contribution in [-0.4, -0.2) is 21.0 Å². The van der Waals surface area contributed by atoms with E-state index in [-0.39, 0.29) is 17.8 Å². The number of aromatic nitrogens is 3. The van der Waals surface area contributed by atoms with Gasteiger partial charge in [0.1, 0.15) is 12.6 Å². The van der Waals surface area contributed by atoms with Crippen LogP contribution < -0.4 is 10.4 Å². The third-order valence-electron chi connectivity index (χ3n) is 5.40. The minimum Gasteiger partial charge on any atom is -0.461 e. The molecule has 5 rings (SSSR count). The zero-order valence-corrected chi connectivity index (χ0v) is 13.8. The molecule has 126 valence electrons. The van der Waals surface area contributed by atoms with Crippen LogP contribution >= 0.6 is 0 Å². The molecule has 2 aromatic carbocycles. The Kier molecular flexibility index (Phi) is 3.26. The monoisotopic (exact) mass is 333 g/mol. The quantitative estimate of drug-likeness (QED) is 0.740. The Hall–Kier alpha value is -2.82. The lowest BCUT2D eigenvalue weighted by Crippen LogP contribution is -2.36. The Balaban J connectivity index is 1.40. The highest BCUT2D eigenvalue weighted by atomic mass is 16.5. The van der Waals surface area contributed by atoms with Crippen molar-refractivity contribution in [2.75, 3.05) is 6.61 Å². The normalized spacial score (nSPS) is 24.4. The third-order valence-corrected chi connectivity index (χ3v) is 5.40. The summed E-state index contributed by atoms with van der Waals surface area (Å²) in [5.41, 5.74) is 2.37. The predicted octanol–water partition coefficient (Wildman–Crippen LogP) is 3.15. The fourth-order valence-electron chi connectivity index (χ4n) is 3.91. The van der Waals surface area contributed by atoms with Gasteiger partial charge >= 0.3 is 11.7 Å². The van der Waals surface area contributed by atoms with E-state index in [1.54, 1.807) is 9.25 Å². The van der Waals surface area contributed by atoms with Gasteiger partial charge < -0.3 is 4.74 Å². The van der Waals surface area contributed by atoms with Gasteiger partial charge in [-0.25, -0.2) is 14.0 Å². The summed E-state index contributed by atoms with van der Waals surface area (Å²) in [5.74, 6) is 0.514. The van der Waals surface area contributed by atoms with Crippen LogP contribution in [0.4, 0.5) is 0 Å². The molecule has 0 bridgehead atoms. The lowest BCUT2D eigenvalue weighted by molar-refractivity contribution is 0.228. The van der Waals surface area contributed by atoms with Crippen LogP contribution in [0.5, 0.6) is 6.01 Å². The standard InChI is InChI=1S/C20H19N3O2/c24-20-22-18(15-9-5-2-6-10-15)13-25-19(22)21-23(20)17-11-16(12-17)14-7-3-1-4-8-14/h1-10,16-18H,11-13H2/t16?,17?,18-/m0/s1. The van der Waals surface area contributed by atoms with Crippen molar-refractivity contribution in [1.29, 1.82) is 0 Å². The van der Waals surface area contributed by atoms with Crippen LogP contribution in [0, 0.1) is 0 Å². The van der Waals surface area contributed by atoms with Crippen LogP contribution in [0.25, 0.3) is 0 Å². The van der Waals surface area contributed by atoms with Crippen molar-refractivity contribution >= 4 is 0 Å². The second kappa shape index (κ2) is 5.62. The second-order valence-corrected chi connectivity index (χ2v) is 6.85. The summed E-state index contributed by atoms with van der Waals surface area (Å²) in [6, 6.07) is 21.0. The van der Waals surface area contributed by atoms with E-state index in [9.17, 15) is 4.79 Å². The maximum Gasteiger partial charge on any atom is 0.349 e. The fraction of sp³-hybridized carbons (Fsp3) is 0.300. The molecule has 1 saturated carbocycles. The highest BCUT2D eigenvalue weighted by molar-refractivity contribution is 5.25. The SMILES string of the molecule is O=c1n(C2CC(c3ccccc3)C2)nc2n1[C@H](c1ccccc1)CO2. The van der Waals surface area contributed by atoms with Crippen molar-refractivity contribution in [2.45, 2.75) is 30.8 Å². The van der Waals surface area contributed by atoms with E-state index >= 15 is 0 Å². The molecule has 2 heterocycles. The summed E-state index contributed by atoms with van der Waals surface area (Å²) >= 11 is 0. The Morgan fingerprint density at radius 3 is 2.24 bits per heavy atom. The highest BCUT2D eigenvalue weighted by Gasteiger charge is 2.37. The molecule has 3 aromatic rings. The first-order chi connectivity index (χ1) is 12.3. The van der Waals surface area contributed by atoms with E-state index in [0.717, 1.165) is 18.4 Å². The molecule has 0 saturated heterocycles. The molecule has 1 fully saturated rings. The molecule has 1 aromatic heterocycles. The van der Waals surface area contributed by atoms with E-state index in [4.69, 9.17) is 4.74 Å². The van der Waals surface area contributed by atoms with Crippen molar-refractivity contribution in [3.05, 3.63) is 82.3 Å². The largest absolute Gasteiger partial charge is 0.461 e. The Bertz CT molecular complexity index is 940. The van der Waals surface area contributed by atoms with E-state index in [0.29, 0.717) is 18.5 Å². The Morgan fingerprint density at radius 2 is 1.56 bits per heavy atom. The zero-order chi connectivity index (χ0) is 16.8. The highest BCUT2D eigenvalue weighted by Crippen LogP contribution is 2.44. The van der Waals surface area contributed by atoms with Crippen molar-refractivity contribution in [3.63, 3.8) is 0 Å². The van der Waals surface area contributed by atoms with E-state index < -0.39 is 0 Å². The summed E-state index contributed by atoms with van der Waals surface area (Å²) in [4.78, 5) is 12.9. The van der Waals surface area contributed by atoms with E-state index in [2.05, 4.69) is 29.4 Å². The van der Waals surface area contributed by atoms with Crippen LogP contribution in [-0.2, 0) is 0 Å². The van der Waals surface area contributed by atoms with Gasteiger partial charge in [0.2, 0.25) is 0 Å². The molecule has 0 amide bonds. The molecule has 0 radical (unpaired) electrons. The molecular formula is C20H19N3O2. The average Bonchev–Trinajstić information content (AvgIpc) is 3.17. The van der Waals surface area contributed by atoms with Gasteiger partial charge in [-0.2, -0.15) is 0 Å². The van der Waals surface area contributed by atoms with E-state index in [1.807, 2.05) is 36.4 Å². The summed E-state index contributed by atoms with van der Waals surface area (Å²) in [7, 11) is 0. The minimum absolute atomic E-state index is 0.0575. The molecular weight excluding hydrogens is 314 g/mol. The maximum atomic E-state index is 12.9. The van der Waals surface area contributed by atoms with Crippen LogP contribution in [0.1, 0.15) is 42.0 Å². The number of hydrogen-bond donors (Lipinski definition) is 0. The van der Waals surface area contributed by atoms with Gasteiger partial charge in [0.15, 0.2) is 0 Å². The summed E-state index contributed by atoms with van der Waals surface area (Å²) in [6.45, 7) is 0.472. The molecule has 0 N–H and O–H groups in total. The van der Waals surface area contributed by atoms with Gasteiger partial charge in [-0.3, -0.25) is 0 Å². The maximum absolute atomic E-state index is 12.9. The molecule has 1 atom stereocenters. The lowest BCUT2D eigenvalue weighted by atomic mass is 9.76. The molecule has 5 nitrogen and oxygen atoms in total. The first-order valence-corrected chi connectivity index (χ1v) is 8.75. The summed E-state index contributed by atoms with van der Waals surface area (Å²) < 4.78 is 9.02. The van der Waals surface area contributed by atoms with Gasteiger partial charge in [0, 0.05) is 0 Å². The Labute approximate surface area is 145 Å². The van der Waals surface area contributed by atoms with Crippen LogP contribution in [0.15, 0.2) is 65.5 Å². The topological polar surface area (TPSA) is 49.0 Å². The van der Waals surface area contributed by atoms with Gasteiger partial charge in [-0.1, -0.05) is 60.7 Å². The molecule has 1 aliphatic carbocycles. The van der Waals surface area contributed by atoms with Crippen molar-refractivity contribution in [3.8, 4) is 6.01 Å². The smallest absolute Gasteiger partial charge is 0.349 e. The molecule has 2 aliphatic rings. The van der Waals surface area contributed by atoms with Crippen molar-refractivity contribution in [2.24, 2.45) is 0 Å². The average molecular weight is 333 g/mol. The van der Waals surface area contributed by atoms with Crippen LogP contribution in [0.3, 0.4) is 0 Å². The summed E-state index contributed by atoms with van der Waals surface area (Å²) in [6.07, 6.45) is 1.91. The van der Waals surface area contributed by atoms with Gasteiger partial charge in [-0.05, 0) is 29.9 Å². The Morgan fingerprint density at radius 1 is 0.920 bits per heavy atom. The zero-order valence-electron chi connectivity index (χ0n) is 13.8. The van der Waals surface area contributed by atoms with Crippen molar-refractivity contribution < 1.29 is 4.74 Å². The molecule has 25 heavy (non-hydrogen) atoms. The summed E-state index contributed by atoms with van der Waals surface area (Å²) in [5, 5.41) is 4.46. The van der Waals surface area contributed by atoms with Gasteiger partial charge in [0.05, 0.1) is 6.04 Å². The molecule has 5 heteroatoms. The van der Waals surface area contributed by atoms with Crippen LogP contribution in [0.2, 0.25) is 0 Å². The minimum atomic E-state index is -0.0811. The first-order valence-electron chi connectivity index (χ1n) is 8.75. The number of nitrogens with zero attached hydrogens (tertiary/aromatic N) is 3. The van der Waals surface area contributed by atoms with Gasteiger partial charge in [-0.15, -0.1) is 5.10 Å². The number of benzene rings is 2. The molecule has 0 spiro atoms. The second-order valence-electron chi connectivity index (χ2n) is 6.85. The fourth-order valence-corrected chi connectivity index (χ4v) is 3.91. The predicted molar refractivity (Wildman–Crippen MR) is 94.0 cm³/mol. The number of fused-ring (bicyclic) bond motifs is 1. The first kappa shape index (κ1) is 14.5. The molecule has 1 aliphatic heterocycles. The lowest BCUT2D eigenvalue weighted by Gasteiger charge is -2.35. The molecule has 0 unspecified atom stereocenters. The number of ether oxygens (including phenoxy) is 1. The number of rotatable bonds is 3. The van der Waals surface area contributed by atoms with Crippen molar-refractivity contribution in [1.82, 2.24) is 14.3 Å². The van der Waals surface area contributed by atoms with Gasteiger partial charge in [0.25, 0.3) is 0 Å².